The molecular formula is C8H10BrN3OS. The molecule has 1 fully saturated rings. The van der Waals surface area contributed by atoms with Gasteiger partial charge in [-0.05, 0) is 28.8 Å². The van der Waals surface area contributed by atoms with Crippen molar-refractivity contribution in [2.45, 2.75) is 18.9 Å². The summed E-state index contributed by atoms with van der Waals surface area (Å²) >= 11 is 4.70. The smallest absolute Gasteiger partial charge is 0.240 e. The average Bonchev–Trinajstić information content (AvgIpc) is 2.88. The molecule has 0 saturated heterocycles. The van der Waals surface area contributed by atoms with Crippen LogP contribution in [0.3, 0.4) is 0 Å². The van der Waals surface area contributed by atoms with Crippen molar-refractivity contribution in [3.8, 4) is 0 Å². The molecule has 0 aromatic carbocycles. The Hall–Kier alpha value is -0.460. The maximum Gasteiger partial charge on any atom is 0.240 e. The zero-order chi connectivity index (χ0) is 9.97. The summed E-state index contributed by atoms with van der Waals surface area (Å²) in [6.07, 6.45) is 4.06. The molecule has 4 nitrogen and oxygen atoms in total. The first-order valence-corrected chi connectivity index (χ1v) is 5.99. The summed E-state index contributed by atoms with van der Waals surface area (Å²) in [5.41, 5.74) is 0. The number of thiazole rings is 1. The SMILES string of the molecule is O=C(CNC1CC1)Nc1ncc(Br)s1. The Kier molecular flexibility index (Phi) is 3.15. The van der Waals surface area contributed by atoms with Crippen LogP contribution >= 0.6 is 27.3 Å². The first-order valence-electron chi connectivity index (χ1n) is 4.38. The normalized spacial score (nSPS) is 15.5. The van der Waals surface area contributed by atoms with Gasteiger partial charge in [-0.3, -0.25) is 4.79 Å². The fraction of sp³-hybridized carbons (Fsp3) is 0.500. The fourth-order valence-corrected chi connectivity index (χ4v) is 2.12. The first-order chi connectivity index (χ1) is 6.74. The molecule has 1 amide bonds. The van der Waals surface area contributed by atoms with Crippen LogP contribution in [0, 0.1) is 0 Å². The van der Waals surface area contributed by atoms with Gasteiger partial charge < -0.3 is 10.6 Å². The molecule has 0 aliphatic heterocycles. The molecule has 0 bridgehead atoms. The van der Waals surface area contributed by atoms with Crippen molar-refractivity contribution in [1.29, 1.82) is 0 Å². The summed E-state index contributed by atoms with van der Waals surface area (Å²) in [5, 5.41) is 6.50. The summed E-state index contributed by atoms with van der Waals surface area (Å²) in [7, 11) is 0. The van der Waals surface area contributed by atoms with Crippen molar-refractivity contribution in [3.05, 3.63) is 9.98 Å². The van der Waals surface area contributed by atoms with Crippen molar-refractivity contribution in [3.63, 3.8) is 0 Å². The van der Waals surface area contributed by atoms with Gasteiger partial charge in [0, 0.05) is 6.04 Å². The molecule has 1 heterocycles. The number of carbonyl (C=O) groups excluding carboxylic acids is 1. The molecule has 0 spiro atoms. The van der Waals surface area contributed by atoms with E-state index in [0.717, 1.165) is 3.79 Å². The van der Waals surface area contributed by atoms with Gasteiger partial charge in [0.05, 0.1) is 16.5 Å². The molecular weight excluding hydrogens is 266 g/mol. The van der Waals surface area contributed by atoms with Crippen LogP contribution in [0.4, 0.5) is 5.13 Å². The number of nitrogens with one attached hydrogen (secondary N) is 2. The highest BCUT2D eigenvalue weighted by molar-refractivity contribution is 9.11. The van der Waals surface area contributed by atoms with E-state index >= 15 is 0 Å². The fourth-order valence-electron chi connectivity index (χ4n) is 1.00. The summed E-state index contributed by atoms with van der Waals surface area (Å²) in [5.74, 6) is -0.0289. The van der Waals surface area contributed by atoms with Gasteiger partial charge in [-0.25, -0.2) is 4.98 Å². The van der Waals surface area contributed by atoms with Crippen LogP contribution in [-0.4, -0.2) is 23.5 Å². The highest BCUT2D eigenvalue weighted by Gasteiger charge is 2.21. The number of aromatic nitrogens is 1. The number of rotatable bonds is 4. The lowest BCUT2D eigenvalue weighted by molar-refractivity contribution is -0.115. The predicted molar refractivity (Wildman–Crippen MR) is 59.5 cm³/mol. The molecule has 0 atom stereocenters. The van der Waals surface area contributed by atoms with Crippen LogP contribution in [0.15, 0.2) is 9.98 Å². The standard InChI is InChI=1S/C8H10BrN3OS/c9-6-3-11-8(14-6)12-7(13)4-10-5-1-2-5/h3,5,10H,1-2,4H2,(H,11,12,13). The van der Waals surface area contributed by atoms with Crippen LogP contribution in [0.5, 0.6) is 0 Å². The van der Waals surface area contributed by atoms with E-state index in [-0.39, 0.29) is 5.91 Å². The third kappa shape index (κ3) is 3.04. The van der Waals surface area contributed by atoms with Gasteiger partial charge in [-0.1, -0.05) is 11.3 Å². The topological polar surface area (TPSA) is 54.0 Å². The van der Waals surface area contributed by atoms with Gasteiger partial charge in [0.1, 0.15) is 0 Å². The minimum absolute atomic E-state index is 0.0289. The van der Waals surface area contributed by atoms with Crippen molar-refractivity contribution >= 4 is 38.3 Å². The van der Waals surface area contributed by atoms with Crippen LogP contribution in [0.25, 0.3) is 0 Å². The Bertz CT molecular complexity index is 337. The molecule has 1 aliphatic rings. The Morgan fingerprint density at radius 2 is 2.50 bits per heavy atom. The second-order valence-corrected chi connectivity index (χ2v) is 5.58. The minimum Gasteiger partial charge on any atom is -0.306 e. The molecule has 2 rings (SSSR count). The first kappa shape index (κ1) is 10.1. The van der Waals surface area contributed by atoms with E-state index in [1.807, 2.05) is 0 Å². The summed E-state index contributed by atoms with van der Waals surface area (Å²) in [6, 6.07) is 0.559. The number of nitrogens with zero attached hydrogens (tertiary/aromatic N) is 1. The largest absolute Gasteiger partial charge is 0.306 e. The van der Waals surface area contributed by atoms with E-state index in [4.69, 9.17) is 0 Å². The second-order valence-electron chi connectivity index (χ2n) is 3.17. The van der Waals surface area contributed by atoms with Crippen molar-refractivity contribution < 1.29 is 4.79 Å². The minimum atomic E-state index is -0.0289. The van der Waals surface area contributed by atoms with Crippen LogP contribution in [0.2, 0.25) is 0 Å². The van der Waals surface area contributed by atoms with Gasteiger partial charge in [-0.15, -0.1) is 0 Å². The zero-order valence-corrected chi connectivity index (χ0v) is 9.82. The summed E-state index contributed by atoms with van der Waals surface area (Å²) < 4.78 is 0.919. The Morgan fingerprint density at radius 1 is 1.71 bits per heavy atom. The third-order valence-corrected chi connectivity index (χ3v) is 3.24. The number of hydrogen-bond donors (Lipinski definition) is 2. The molecule has 1 aromatic heterocycles. The zero-order valence-electron chi connectivity index (χ0n) is 7.42. The van der Waals surface area contributed by atoms with E-state index in [2.05, 4.69) is 31.5 Å². The van der Waals surface area contributed by atoms with Crippen molar-refractivity contribution in [1.82, 2.24) is 10.3 Å². The second kappa shape index (κ2) is 4.37. The average molecular weight is 276 g/mol. The highest BCUT2D eigenvalue weighted by atomic mass is 79.9. The van der Waals surface area contributed by atoms with Gasteiger partial charge in [0.15, 0.2) is 5.13 Å². The lowest BCUT2D eigenvalue weighted by Gasteiger charge is -2.01. The third-order valence-electron chi connectivity index (χ3n) is 1.85. The quantitative estimate of drug-likeness (QED) is 0.878. The summed E-state index contributed by atoms with van der Waals surface area (Å²) in [6.45, 7) is 0.377. The number of halogens is 1. The van der Waals surface area contributed by atoms with Gasteiger partial charge in [0.25, 0.3) is 0 Å². The van der Waals surface area contributed by atoms with Crippen LogP contribution in [0.1, 0.15) is 12.8 Å². The number of carbonyl (C=O) groups is 1. The monoisotopic (exact) mass is 275 g/mol. The van der Waals surface area contributed by atoms with E-state index in [1.54, 1.807) is 6.20 Å². The maximum absolute atomic E-state index is 11.3. The van der Waals surface area contributed by atoms with E-state index in [9.17, 15) is 4.79 Å². The maximum atomic E-state index is 11.3. The number of anilines is 1. The predicted octanol–water partition coefficient (Wildman–Crippen LogP) is 1.60. The molecule has 14 heavy (non-hydrogen) atoms. The Labute approximate surface area is 94.2 Å². The molecule has 1 aliphatic carbocycles. The molecule has 0 unspecified atom stereocenters. The van der Waals surface area contributed by atoms with E-state index in [0.29, 0.717) is 17.7 Å². The van der Waals surface area contributed by atoms with E-state index in [1.165, 1.54) is 24.2 Å². The van der Waals surface area contributed by atoms with E-state index < -0.39 is 0 Å². The molecule has 76 valence electrons. The number of amides is 1. The lowest BCUT2D eigenvalue weighted by Crippen LogP contribution is -2.29. The molecule has 0 radical (unpaired) electrons. The lowest BCUT2D eigenvalue weighted by atomic mass is 10.5. The molecule has 1 aromatic rings. The summed E-state index contributed by atoms with van der Waals surface area (Å²) in [4.78, 5) is 15.3. The van der Waals surface area contributed by atoms with Crippen molar-refractivity contribution in [2.75, 3.05) is 11.9 Å². The molecule has 6 heteroatoms. The van der Waals surface area contributed by atoms with Gasteiger partial charge in [-0.2, -0.15) is 0 Å². The highest BCUT2D eigenvalue weighted by Crippen LogP contribution is 2.23. The van der Waals surface area contributed by atoms with Crippen LogP contribution < -0.4 is 10.6 Å². The van der Waals surface area contributed by atoms with Gasteiger partial charge in [0.2, 0.25) is 5.91 Å². The van der Waals surface area contributed by atoms with Crippen molar-refractivity contribution in [2.24, 2.45) is 0 Å². The molecule has 2 N–H and O–H groups in total. The van der Waals surface area contributed by atoms with Crippen LogP contribution in [-0.2, 0) is 4.79 Å². The molecule has 1 saturated carbocycles. The Balaban J connectivity index is 1.75. The van der Waals surface area contributed by atoms with Gasteiger partial charge >= 0.3 is 0 Å². The Morgan fingerprint density at radius 3 is 3.07 bits per heavy atom. The number of hydrogen-bond acceptors (Lipinski definition) is 4.